The van der Waals surface area contributed by atoms with Gasteiger partial charge >= 0.3 is 5.97 Å². The second-order valence-corrected chi connectivity index (χ2v) is 20.0. The number of allylic oxidation sites excluding steroid dienone is 2. The molecule has 1 atom stereocenters. The van der Waals surface area contributed by atoms with Crippen LogP contribution >= 0.6 is 0 Å². The second kappa shape index (κ2) is 41.3. The molecule has 0 radical (unpaired) electrons. The van der Waals surface area contributed by atoms with E-state index < -0.39 is 5.54 Å². The summed E-state index contributed by atoms with van der Waals surface area (Å²) in [5.41, 5.74) is -0.732. The molecule has 0 bridgehead atoms. The first-order chi connectivity index (χ1) is 31.5. The van der Waals surface area contributed by atoms with Crippen molar-refractivity contribution in [1.82, 2.24) is 15.1 Å². The Balaban J connectivity index is 1.76. The topological polar surface area (TPSA) is 88.2 Å². The average molecular weight is 900 g/mol. The molecule has 0 spiro atoms. The molecule has 1 N–H and O–H groups in total. The van der Waals surface area contributed by atoms with Gasteiger partial charge in [0.2, 0.25) is 11.8 Å². The van der Waals surface area contributed by atoms with E-state index in [4.69, 9.17) is 9.47 Å². The molecule has 2 aliphatic rings. The van der Waals surface area contributed by atoms with Gasteiger partial charge in [0.15, 0.2) is 0 Å². The molecule has 0 aromatic carbocycles. The molecule has 1 unspecified atom stereocenters. The Morgan fingerprint density at radius 2 is 1.09 bits per heavy atom. The standard InChI is InChI=1S/C56H105N3O5/c1-4-7-10-13-16-18-19-20-21-22-23-24-25-27-30-35-44-57-55(62)56(42-36-43-56)59(46-37-45-58-47-49-63-50-48-58)53(60)40-33-34-41-54(61)64-51-52(38-31-28-15-12-9-6-3)39-32-29-26-17-14-11-8-5-2/h20-21,52H,4-19,22-51H2,1-3H3,(H,57,62)/b21-20-. The third-order valence-corrected chi connectivity index (χ3v) is 14.3. The highest BCUT2D eigenvalue weighted by Gasteiger charge is 2.50. The normalized spacial score (nSPS) is 15.6. The predicted molar refractivity (Wildman–Crippen MR) is 271 cm³/mol. The second-order valence-electron chi connectivity index (χ2n) is 20.0. The molecular formula is C56H105N3O5. The summed E-state index contributed by atoms with van der Waals surface area (Å²) >= 11 is 0. The quantitative estimate of drug-likeness (QED) is 0.0372. The SMILES string of the molecule is CCCCCCCC/C=C\CCCCCCCCNC(=O)C1(N(CCCN2CCOCC2)C(=O)CCCCC(=O)OCC(CCCCCCCC)CCCCCCCCCC)CCC1. The number of amides is 2. The molecule has 64 heavy (non-hydrogen) atoms. The van der Waals surface area contributed by atoms with E-state index in [-0.39, 0.29) is 17.8 Å². The lowest BCUT2D eigenvalue weighted by Gasteiger charge is -2.49. The molecular weight excluding hydrogens is 795 g/mol. The van der Waals surface area contributed by atoms with E-state index in [1.165, 1.54) is 167 Å². The van der Waals surface area contributed by atoms with Gasteiger partial charge in [-0.3, -0.25) is 19.3 Å². The molecule has 1 saturated carbocycles. The molecule has 8 nitrogen and oxygen atoms in total. The van der Waals surface area contributed by atoms with Crippen LogP contribution in [-0.4, -0.2) is 85.7 Å². The van der Waals surface area contributed by atoms with Gasteiger partial charge in [0.05, 0.1) is 19.8 Å². The van der Waals surface area contributed by atoms with E-state index in [0.29, 0.717) is 51.3 Å². The van der Waals surface area contributed by atoms with Crippen molar-refractivity contribution in [3.63, 3.8) is 0 Å². The number of rotatable bonds is 45. The zero-order valence-corrected chi connectivity index (χ0v) is 42.7. The lowest BCUT2D eigenvalue weighted by Crippen LogP contribution is -2.65. The minimum Gasteiger partial charge on any atom is -0.465 e. The summed E-state index contributed by atoms with van der Waals surface area (Å²) in [6.45, 7) is 12.9. The first kappa shape index (κ1) is 58.2. The van der Waals surface area contributed by atoms with Crippen LogP contribution in [0.15, 0.2) is 12.2 Å². The van der Waals surface area contributed by atoms with E-state index in [9.17, 15) is 14.4 Å². The number of hydrogen-bond donors (Lipinski definition) is 1. The smallest absolute Gasteiger partial charge is 0.305 e. The van der Waals surface area contributed by atoms with Crippen molar-refractivity contribution in [3.05, 3.63) is 12.2 Å². The van der Waals surface area contributed by atoms with Crippen LogP contribution in [0.3, 0.4) is 0 Å². The Labute approximate surface area is 396 Å². The van der Waals surface area contributed by atoms with Crippen LogP contribution in [0.1, 0.15) is 265 Å². The molecule has 1 saturated heterocycles. The van der Waals surface area contributed by atoms with Crippen molar-refractivity contribution in [3.8, 4) is 0 Å². The third-order valence-electron chi connectivity index (χ3n) is 14.3. The summed E-state index contributed by atoms with van der Waals surface area (Å²) in [6.07, 6.45) is 48.4. The van der Waals surface area contributed by atoms with Crippen molar-refractivity contribution >= 4 is 17.8 Å². The fraction of sp³-hybridized carbons (Fsp3) is 0.911. The van der Waals surface area contributed by atoms with Crippen LogP contribution in [0, 0.1) is 5.92 Å². The van der Waals surface area contributed by atoms with Gasteiger partial charge in [-0.05, 0) is 89.4 Å². The number of esters is 1. The van der Waals surface area contributed by atoms with Crippen molar-refractivity contribution < 1.29 is 23.9 Å². The maximum Gasteiger partial charge on any atom is 0.305 e. The van der Waals surface area contributed by atoms with Crippen molar-refractivity contribution in [1.29, 1.82) is 0 Å². The molecule has 374 valence electrons. The monoisotopic (exact) mass is 900 g/mol. The largest absolute Gasteiger partial charge is 0.465 e. The molecule has 0 aromatic heterocycles. The van der Waals surface area contributed by atoms with Crippen LogP contribution in [-0.2, 0) is 23.9 Å². The van der Waals surface area contributed by atoms with Gasteiger partial charge in [0.1, 0.15) is 5.54 Å². The summed E-state index contributed by atoms with van der Waals surface area (Å²) in [5, 5.41) is 3.28. The zero-order chi connectivity index (χ0) is 46.0. The lowest BCUT2D eigenvalue weighted by atomic mass is 9.74. The highest BCUT2D eigenvalue weighted by atomic mass is 16.5. The van der Waals surface area contributed by atoms with Crippen LogP contribution < -0.4 is 5.32 Å². The van der Waals surface area contributed by atoms with Crippen LogP contribution in [0.25, 0.3) is 0 Å². The highest BCUT2D eigenvalue weighted by molar-refractivity contribution is 5.92. The molecule has 2 amide bonds. The van der Waals surface area contributed by atoms with Crippen LogP contribution in [0.2, 0.25) is 0 Å². The molecule has 1 aliphatic carbocycles. The Morgan fingerprint density at radius 1 is 0.609 bits per heavy atom. The van der Waals surface area contributed by atoms with Crippen molar-refractivity contribution in [2.24, 2.45) is 5.92 Å². The third kappa shape index (κ3) is 29.0. The van der Waals surface area contributed by atoms with E-state index in [2.05, 4.69) is 43.1 Å². The lowest BCUT2D eigenvalue weighted by molar-refractivity contribution is -0.154. The summed E-state index contributed by atoms with van der Waals surface area (Å²) in [7, 11) is 0. The summed E-state index contributed by atoms with van der Waals surface area (Å²) < 4.78 is 11.5. The van der Waals surface area contributed by atoms with E-state index >= 15 is 0 Å². The van der Waals surface area contributed by atoms with Gasteiger partial charge in [-0.15, -0.1) is 0 Å². The summed E-state index contributed by atoms with van der Waals surface area (Å²) in [6, 6.07) is 0. The van der Waals surface area contributed by atoms with Gasteiger partial charge in [-0.1, -0.05) is 181 Å². The Bertz CT molecular complexity index is 1140. The van der Waals surface area contributed by atoms with E-state index in [1.54, 1.807) is 0 Å². The Hall–Kier alpha value is -1.93. The van der Waals surface area contributed by atoms with Crippen LogP contribution in [0.4, 0.5) is 0 Å². The fourth-order valence-electron chi connectivity index (χ4n) is 9.78. The Morgan fingerprint density at radius 3 is 1.61 bits per heavy atom. The van der Waals surface area contributed by atoms with Gasteiger partial charge in [-0.2, -0.15) is 0 Å². The number of unbranched alkanes of at least 4 members (excludes halogenated alkanes) is 25. The zero-order valence-electron chi connectivity index (χ0n) is 42.7. The Kier molecular flexibility index (Phi) is 37.5. The molecule has 8 heteroatoms. The number of carbonyl (C=O) groups excluding carboxylic acids is 3. The number of hydrogen-bond acceptors (Lipinski definition) is 6. The van der Waals surface area contributed by atoms with Crippen LogP contribution in [0.5, 0.6) is 0 Å². The van der Waals surface area contributed by atoms with Crippen molar-refractivity contribution in [2.45, 2.75) is 270 Å². The predicted octanol–water partition coefficient (Wildman–Crippen LogP) is 14.6. The number of ether oxygens (including phenoxy) is 2. The average Bonchev–Trinajstić information content (AvgIpc) is 3.29. The van der Waals surface area contributed by atoms with E-state index in [1.807, 2.05) is 4.90 Å². The number of morpholine rings is 1. The van der Waals surface area contributed by atoms with Gasteiger partial charge in [0.25, 0.3) is 0 Å². The van der Waals surface area contributed by atoms with Gasteiger partial charge < -0.3 is 19.7 Å². The summed E-state index contributed by atoms with van der Waals surface area (Å²) in [4.78, 5) is 45.3. The molecule has 0 aromatic rings. The first-order valence-electron chi connectivity index (χ1n) is 28.2. The highest BCUT2D eigenvalue weighted by Crippen LogP contribution is 2.39. The summed E-state index contributed by atoms with van der Waals surface area (Å²) in [5.74, 6) is 0.429. The molecule has 2 rings (SSSR count). The minimum absolute atomic E-state index is 0.0392. The van der Waals surface area contributed by atoms with E-state index in [0.717, 1.165) is 84.2 Å². The fourth-order valence-corrected chi connectivity index (χ4v) is 9.78. The molecule has 1 heterocycles. The van der Waals surface area contributed by atoms with Crippen molar-refractivity contribution in [2.75, 3.05) is 52.5 Å². The maximum atomic E-state index is 14.0. The number of nitrogens with one attached hydrogen (secondary N) is 1. The number of carbonyl (C=O) groups is 3. The molecule has 2 fully saturated rings. The molecule has 1 aliphatic heterocycles. The van der Waals surface area contributed by atoms with Gasteiger partial charge in [-0.25, -0.2) is 0 Å². The first-order valence-corrected chi connectivity index (χ1v) is 28.2. The minimum atomic E-state index is -0.732. The van der Waals surface area contributed by atoms with Gasteiger partial charge in [0, 0.05) is 45.6 Å². The number of nitrogens with zero attached hydrogens (tertiary/aromatic N) is 2. The maximum absolute atomic E-state index is 14.0.